The molecule has 54 heavy (non-hydrogen) atoms. The molecule has 2 aliphatic heterocycles. The van der Waals surface area contributed by atoms with Crippen molar-refractivity contribution in [2.45, 2.75) is 115 Å². The molecule has 1 aliphatic carbocycles. The number of benzene rings is 1. The highest BCUT2D eigenvalue weighted by Crippen LogP contribution is 2.43. The molecule has 5 heterocycles. The van der Waals surface area contributed by atoms with E-state index in [1.807, 2.05) is 6.07 Å². The molecule has 5 atom stereocenters. The number of fused-ring (bicyclic) bond motifs is 3. The van der Waals surface area contributed by atoms with Gasteiger partial charge in [0.15, 0.2) is 20.1 Å². The second-order valence-electron chi connectivity index (χ2n) is 17.5. The Kier molecular flexibility index (Phi) is 10.7. The number of halogens is 2. The van der Waals surface area contributed by atoms with Gasteiger partial charge >= 0.3 is 6.01 Å². The van der Waals surface area contributed by atoms with Crippen LogP contribution < -0.4 is 15.0 Å². The van der Waals surface area contributed by atoms with Crippen LogP contribution >= 0.6 is 11.6 Å². The maximum atomic E-state index is 15.8. The second kappa shape index (κ2) is 14.8. The summed E-state index contributed by atoms with van der Waals surface area (Å²) in [6.45, 7) is 19.5. The van der Waals surface area contributed by atoms with Gasteiger partial charge in [-0.25, -0.2) is 4.39 Å². The highest BCUT2D eigenvalue weighted by molar-refractivity contribution is 6.76. The molecule has 7 rings (SSSR count). The number of aryl methyl sites for hydroxylation is 2. The number of nitrogens with zero attached hydrogens (tertiary/aromatic N) is 4. The number of aromatic nitrogens is 4. The molecule has 292 valence electrons. The minimum Gasteiger partial charge on any atom is -0.468 e. The van der Waals surface area contributed by atoms with Gasteiger partial charge in [-0.15, -0.1) is 0 Å². The molecule has 0 radical (unpaired) electrons. The quantitative estimate of drug-likeness (QED) is 0.104. The first-order valence-electron chi connectivity index (χ1n) is 18.8. The fourth-order valence-electron chi connectivity index (χ4n) is 6.95. The number of hydrogen-bond acceptors (Lipinski definition) is 9. The Hall–Kier alpha value is -3.12. The predicted molar refractivity (Wildman–Crippen MR) is 211 cm³/mol. The molecule has 3 aliphatic rings. The summed E-state index contributed by atoms with van der Waals surface area (Å²) in [6.07, 6.45) is 1.07. The van der Waals surface area contributed by atoms with Crippen LogP contribution in [-0.4, -0.2) is 79.7 Å². The van der Waals surface area contributed by atoms with Crippen molar-refractivity contribution < 1.29 is 32.5 Å². The van der Waals surface area contributed by atoms with E-state index in [0.29, 0.717) is 66.5 Å². The summed E-state index contributed by atoms with van der Waals surface area (Å²) in [4.78, 5) is 21.9. The van der Waals surface area contributed by atoms with Gasteiger partial charge < -0.3 is 32.7 Å². The Bertz CT molecular complexity index is 2100. The van der Waals surface area contributed by atoms with Crippen LogP contribution in [0.1, 0.15) is 44.4 Å². The molecule has 3 aromatic heterocycles. The lowest BCUT2D eigenvalue weighted by atomic mass is 10.00. The monoisotopic (exact) mass is 798 g/mol. The standard InChI is InChI=1S/C39H52ClFN4O7Si2/c1-39(2,3)54(8,9)52-31-21-49-34-30(20-48-35(31)34)51-38-42-28-19-26(40)37(43-36(28)45(38)22-47-14-15-53(5,6)7)50-29-11-10-24-16-25(17-27(41)33(24)29)23-12-13-44(4)32(46)18-23/h12-13,16-19,29-31,34-35H,10-11,14-15,20-22H2,1-9H3/t29?,30-,31-,34-,35-/m1/s1. The number of rotatable bonds is 12. The van der Waals surface area contributed by atoms with Crippen LogP contribution in [0.4, 0.5) is 4.39 Å². The van der Waals surface area contributed by atoms with Crippen molar-refractivity contribution in [2.24, 2.45) is 7.05 Å². The van der Waals surface area contributed by atoms with Crippen molar-refractivity contribution in [3.05, 3.63) is 68.8 Å². The van der Waals surface area contributed by atoms with E-state index < -0.39 is 34.4 Å². The largest absolute Gasteiger partial charge is 0.468 e. The van der Waals surface area contributed by atoms with Gasteiger partial charge in [0.05, 0.1) is 19.3 Å². The third-order valence-electron chi connectivity index (χ3n) is 11.2. The Morgan fingerprint density at radius 1 is 0.981 bits per heavy atom. The second-order valence-corrected chi connectivity index (χ2v) is 28.3. The molecule has 15 heteroatoms. The zero-order valence-electron chi connectivity index (χ0n) is 32.7. The van der Waals surface area contributed by atoms with Crippen molar-refractivity contribution >= 4 is 39.2 Å². The Morgan fingerprint density at radius 2 is 1.70 bits per heavy atom. The van der Waals surface area contributed by atoms with Crippen molar-refractivity contribution in [3.63, 3.8) is 0 Å². The summed E-state index contributed by atoms with van der Waals surface area (Å²) < 4.78 is 57.5. The molecule has 11 nitrogen and oxygen atoms in total. The lowest BCUT2D eigenvalue weighted by Gasteiger charge is -2.39. The Balaban J connectivity index is 1.14. The van der Waals surface area contributed by atoms with Crippen molar-refractivity contribution in [3.8, 4) is 23.0 Å². The fourth-order valence-corrected chi connectivity index (χ4v) is 9.21. The summed E-state index contributed by atoms with van der Waals surface area (Å²) in [7, 11) is -1.72. The smallest absolute Gasteiger partial charge is 0.301 e. The van der Waals surface area contributed by atoms with Crippen molar-refractivity contribution in [1.82, 2.24) is 19.1 Å². The topological polar surface area (TPSA) is 108 Å². The number of imidazole rings is 1. The van der Waals surface area contributed by atoms with Crippen LogP contribution in [-0.2, 0) is 38.8 Å². The molecule has 4 aromatic rings. The summed E-state index contributed by atoms with van der Waals surface area (Å²) in [5.41, 5.74) is 3.43. The summed E-state index contributed by atoms with van der Waals surface area (Å²) in [6, 6.07) is 9.70. The molecule has 2 saturated heterocycles. The molecule has 0 N–H and O–H groups in total. The minimum atomic E-state index is -2.05. The average molecular weight is 799 g/mol. The Morgan fingerprint density at radius 3 is 2.41 bits per heavy atom. The molecule has 1 unspecified atom stereocenters. The highest BCUT2D eigenvalue weighted by Gasteiger charge is 2.52. The van der Waals surface area contributed by atoms with E-state index in [9.17, 15) is 4.79 Å². The van der Waals surface area contributed by atoms with Crippen LogP contribution in [0, 0.1) is 5.82 Å². The van der Waals surface area contributed by atoms with Crippen LogP contribution in [0.15, 0.2) is 41.3 Å². The minimum absolute atomic E-state index is 0.0560. The number of pyridine rings is 2. The molecule has 0 saturated carbocycles. The molecule has 0 amide bonds. The van der Waals surface area contributed by atoms with Crippen molar-refractivity contribution in [1.29, 1.82) is 0 Å². The van der Waals surface area contributed by atoms with E-state index in [4.69, 9.17) is 49.7 Å². The zero-order chi connectivity index (χ0) is 38.7. The summed E-state index contributed by atoms with van der Waals surface area (Å²) >= 11 is 6.78. The van der Waals surface area contributed by atoms with E-state index in [1.165, 1.54) is 16.7 Å². The van der Waals surface area contributed by atoms with E-state index in [1.54, 1.807) is 29.9 Å². The van der Waals surface area contributed by atoms with Crippen molar-refractivity contribution in [2.75, 3.05) is 19.8 Å². The summed E-state index contributed by atoms with van der Waals surface area (Å²) in [5.74, 6) is -0.233. The predicted octanol–water partition coefficient (Wildman–Crippen LogP) is 7.90. The third kappa shape index (κ3) is 7.93. The SMILES string of the molecule is Cn1ccc(-c2cc(F)c3c(c2)CCC3Oc2nc3c(cc2Cl)nc(O[C@@H]2CO[C@H]4[C@@H]2OC[C@H]4O[Si](C)(C)C(C)(C)C)n3COCC[Si](C)(C)C)cc1=O. The normalized spacial score (nSPS) is 22.9. The lowest BCUT2D eigenvalue weighted by molar-refractivity contribution is 0.00686. The van der Waals surface area contributed by atoms with Crippen LogP contribution in [0.5, 0.6) is 11.9 Å². The molecular formula is C39H52ClFN4O7Si2. The van der Waals surface area contributed by atoms with Crippen LogP contribution in [0.25, 0.3) is 22.3 Å². The number of hydrogen-bond donors (Lipinski definition) is 0. The van der Waals surface area contributed by atoms with Gasteiger partial charge in [0.1, 0.15) is 41.4 Å². The van der Waals surface area contributed by atoms with E-state index in [-0.39, 0.29) is 46.5 Å². The van der Waals surface area contributed by atoms with E-state index >= 15 is 4.39 Å². The van der Waals surface area contributed by atoms with Gasteiger partial charge in [0, 0.05) is 39.6 Å². The molecule has 1 aromatic carbocycles. The molecule has 2 fully saturated rings. The third-order valence-corrected chi connectivity index (χ3v) is 17.7. The van der Waals surface area contributed by atoms with Crippen LogP contribution in [0.2, 0.25) is 48.8 Å². The first kappa shape index (κ1) is 39.1. The van der Waals surface area contributed by atoms with Gasteiger partial charge in [0.2, 0.25) is 5.88 Å². The van der Waals surface area contributed by atoms with Gasteiger partial charge in [-0.2, -0.15) is 9.97 Å². The first-order valence-corrected chi connectivity index (χ1v) is 25.8. The molecular weight excluding hydrogens is 747 g/mol. The molecule has 0 bridgehead atoms. The molecule has 0 spiro atoms. The van der Waals surface area contributed by atoms with Crippen LogP contribution in [0.3, 0.4) is 0 Å². The lowest BCUT2D eigenvalue weighted by Crippen LogP contribution is -2.47. The van der Waals surface area contributed by atoms with E-state index in [0.717, 1.165) is 11.6 Å². The maximum Gasteiger partial charge on any atom is 0.301 e. The summed E-state index contributed by atoms with van der Waals surface area (Å²) in [5, 5.41) is 0.304. The zero-order valence-corrected chi connectivity index (χ0v) is 35.5. The van der Waals surface area contributed by atoms with Gasteiger partial charge in [-0.05, 0) is 71.9 Å². The first-order chi connectivity index (χ1) is 25.4. The van der Waals surface area contributed by atoms with Gasteiger partial charge in [-0.3, -0.25) is 9.36 Å². The average Bonchev–Trinajstić information content (AvgIpc) is 3.85. The van der Waals surface area contributed by atoms with Gasteiger partial charge in [-0.1, -0.05) is 58.1 Å². The number of ether oxygens (including phenoxy) is 5. The van der Waals surface area contributed by atoms with Gasteiger partial charge in [0.25, 0.3) is 5.56 Å². The maximum absolute atomic E-state index is 15.8. The van der Waals surface area contributed by atoms with E-state index in [2.05, 4.69) is 53.5 Å². The Labute approximate surface area is 323 Å². The fraction of sp³-hybridized carbons (Fsp3) is 0.564. The highest BCUT2D eigenvalue weighted by atomic mass is 35.5.